The zero-order valence-electron chi connectivity index (χ0n) is 17.2. The Bertz CT molecular complexity index is 885. The zero-order chi connectivity index (χ0) is 20.4. The molecule has 1 saturated heterocycles. The van der Waals surface area contributed by atoms with E-state index in [0.717, 1.165) is 56.7 Å². The van der Waals surface area contributed by atoms with Crippen molar-refractivity contribution in [3.05, 3.63) is 37.3 Å². The molecule has 1 aliphatic heterocycles. The first-order chi connectivity index (χ1) is 14.0. The lowest BCUT2D eigenvalue weighted by molar-refractivity contribution is -0.125. The highest BCUT2D eigenvalue weighted by Crippen LogP contribution is 2.45. The maximum atomic E-state index is 11.9. The van der Waals surface area contributed by atoms with Gasteiger partial charge in [-0.05, 0) is 49.7 Å². The van der Waals surface area contributed by atoms with Crippen LogP contribution in [0.1, 0.15) is 32.1 Å². The molecule has 0 radical (unpaired) electrons. The standard InChI is InChI=1S/C21H29N7O/c1-4-19(29)28-12-10-21(15-28)8-5-17(6-9-21)27(3)18-7-11-22-20(25-18)24-16-13-23-26(2)14-16/h4,7,11,13-14,17H,1,5-6,8-10,12,15H2,2-3H3,(H,22,24,25). The molecule has 3 heterocycles. The van der Waals surface area contributed by atoms with Crippen molar-refractivity contribution in [3.63, 3.8) is 0 Å². The van der Waals surface area contributed by atoms with E-state index in [2.05, 4.69) is 33.9 Å². The number of rotatable bonds is 5. The van der Waals surface area contributed by atoms with Gasteiger partial charge in [0.1, 0.15) is 5.82 Å². The first kappa shape index (κ1) is 19.4. The minimum absolute atomic E-state index is 0.0655. The normalized spacial score (nSPS) is 23.9. The van der Waals surface area contributed by atoms with Crippen LogP contribution < -0.4 is 10.2 Å². The maximum absolute atomic E-state index is 11.9. The van der Waals surface area contributed by atoms with E-state index in [4.69, 9.17) is 4.98 Å². The molecular formula is C21H29N7O. The average Bonchev–Trinajstić information content (AvgIpc) is 3.34. The van der Waals surface area contributed by atoms with E-state index in [1.165, 1.54) is 6.08 Å². The second-order valence-electron chi connectivity index (χ2n) is 8.32. The van der Waals surface area contributed by atoms with Gasteiger partial charge in [0.25, 0.3) is 0 Å². The SMILES string of the molecule is C=CC(=O)N1CCC2(CCC(N(C)c3ccnc(Nc4cnn(C)c4)n3)CC2)C1. The van der Waals surface area contributed by atoms with Crippen molar-refractivity contribution in [2.24, 2.45) is 12.5 Å². The van der Waals surface area contributed by atoms with Crippen molar-refractivity contribution in [1.29, 1.82) is 0 Å². The molecule has 1 amide bonds. The van der Waals surface area contributed by atoms with Crippen molar-refractivity contribution >= 4 is 23.4 Å². The number of hydrogen-bond donors (Lipinski definition) is 1. The molecule has 2 aromatic rings. The van der Waals surface area contributed by atoms with Crippen LogP contribution in [0.5, 0.6) is 0 Å². The number of nitrogens with one attached hydrogen (secondary N) is 1. The van der Waals surface area contributed by atoms with Crippen LogP contribution in [0, 0.1) is 5.41 Å². The van der Waals surface area contributed by atoms with Crippen molar-refractivity contribution in [1.82, 2.24) is 24.6 Å². The Balaban J connectivity index is 1.37. The van der Waals surface area contributed by atoms with Gasteiger partial charge < -0.3 is 15.1 Å². The second-order valence-corrected chi connectivity index (χ2v) is 8.32. The highest BCUT2D eigenvalue weighted by atomic mass is 16.2. The lowest BCUT2D eigenvalue weighted by Crippen LogP contribution is -2.41. The summed E-state index contributed by atoms with van der Waals surface area (Å²) in [5, 5.41) is 7.36. The summed E-state index contributed by atoms with van der Waals surface area (Å²) in [5.74, 6) is 1.56. The molecule has 1 aliphatic carbocycles. The first-order valence-electron chi connectivity index (χ1n) is 10.2. The summed E-state index contributed by atoms with van der Waals surface area (Å²) >= 11 is 0. The highest BCUT2D eigenvalue weighted by Gasteiger charge is 2.42. The Hall–Kier alpha value is -2.90. The number of amides is 1. The zero-order valence-corrected chi connectivity index (χ0v) is 17.2. The smallest absolute Gasteiger partial charge is 0.245 e. The monoisotopic (exact) mass is 395 g/mol. The number of hydrogen-bond acceptors (Lipinski definition) is 6. The van der Waals surface area contributed by atoms with Gasteiger partial charge in [-0.2, -0.15) is 10.1 Å². The van der Waals surface area contributed by atoms with Crippen LogP contribution in [-0.4, -0.2) is 56.7 Å². The molecule has 8 heteroatoms. The number of carbonyl (C=O) groups excluding carboxylic acids is 1. The lowest BCUT2D eigenvalue weighted by atomic mass is 9.71. The minimum Gasteiger partial charge on any atom is -0.357 e. The highest BCUT2D eigenvalue weighted by molar-refractivity contribution is 5.87. The maximum Gasteiger partial charge on any atom is 0.245 e. The third-order valence-electron chi connectivity index (χ3n) is 6.45. The fourth-order valence-corrected chi connectivity index (χ4v) is 4.67. The van der Waals surface area contributed by atoms with Crippen LogP contribution >= 0.6 is 0 Å². The van der Waals surface area contributed by atoms with Crippen LogP contribution in [0.4, 0.5) is 17.5 Å². The van der Waals surface area contributed by atoms with Crippen molar-refractivity contribution in [2.75, 3.05) is 30.4 Å². The third kappa shape index (κ3) is 4.11. The number of nitrogens with zero attached hydrogens (tertiary/aromatic N) is 6. The Morgan fingerprint density at radius 2 is 2.17 bits per heavy atom. The number of anilines is 3. The number of carbonyl (C=O) groups is 1. The number of aryl methyl sites for hydroxylation is 1. The van der Waals surface area contributed by atoms with Gasteiger partial charge in [0.15, 0.2) is 0 Å². The minimum atomic E-state index is 0.0655. The topological polar surface area (TPSA) is 79.2 Å². The molecule has 0 atom stereocenters. The molecule has 2 fully saturated rings. The van der Waals surface area contributed by atoms with Gasteiger partial charge in [-0.3, -0.25) is 9.48 Å². The Labute approximate surface area is 171 Å². The Morgan fingerprint density at radius 3 is 2.86 bits per heavy atom. The quantitative estimate of drug-likeness (QED) is 0.785. The molecule has 29 heavy (non-hydrogen) atoms. The summed E-state index contributed by atoms with van der Waals surface area (Å²) in [6.45, 7) is 5.36. The number of aromatic nitrogens is 4. The van der Waals surface area contributed by atoms with Crippen LogP contribution in [-0.2, 0) is 11.8 Å². The van der Waals surface area contributed by atoms with Gasteiger partial charge in [-0.25, -0.2) is 4.98 Å². The van der Waals surface area contributed by atoms with Crippen molar-refractivity contribution in [3.8, 4) is 0 Å². The molecular weight excluding hydrogens is 366 g/mol. The van der Waals surface area contributed by atoms with E-state index < -0.39 is 0 Å². The van der Waals surface area contributed by atoms with E-state index >= 15 is 0 Å². The fraction of sp³-hybridized carbons (Fsp3) is 0.524. The van der Waals surface area contributed by atoms with E-state index in [1.54, 1.807) is 17.1 Å². The van der Waals surface area contributed by atoms with E-state index in [0.29, 0.717) is 12.0 Å². The molecule has 0 aromatic carbocycles. The summed E-state index contributed by atoms with van der Waals surface area (Å²) in [7, 11) is 3.99. The molecule has 2 aromatic heterocycles. The van der Waals surface area contributed by atoms with E-state index in [1.807, 2.05) is 24.2 Å². The molecule has 1 N–H and O–H groups in total. The first-order valence-corrected chi connectivity index (χ1v) is 10.2. The van der Waals surface area contributed by atoms with Gasteiger partial charge in [0, 0.05) is 45.6 Å². The fourth-order valence-electron chi connectivity index (χ4n) is 4.67. The van der Waals surface area contributed by atoms with E-state index in [-0.39, 0.29) is 11.3 Å². The van der Waals surface area contributed by atoms with Gasteiger partial charge in [-0.15, -0.1) is 0 Å². The predicted molar refractivity (Wildman–Crippen MR) is 113 cm³/mol. The summed E-state index contributed by atoms with van der Waals surface area (Å²) in [4.78, 5) is 25.2. The van der Waals surface area contributed by atoms with Crippen LogP contribution in [0.15, 0.2) is 37.3 Å². The summed E-state index contributed by atoms with van der Waals surface area (Å²) < 4.78 is 1.74. The summed E-state index contributed by atoms with van der Waals surface area (Å²) in [6.07, 6.45) is 12.5. The molecule has 0 unspecified atom stereocenters. The number of likely N-dealkylation sites (tertiary alicyclic amines) is 1. The lowest BCUT2D eigenvalue weighted by Gasteiger charge is -2.40. The van der Waals surface area contributed by atoms with Gasteiger partial charge in [0.2, 0.25) is 11.9 Å². The van der Waals surface area contributed by atoms with Crippen molar-refractivity contribution < 1.29 is 4.79 Å². The van der Waals surface area contributed by atoms with E-state index in [9.17, 15) is 4.79 Å². The Morgan fingerprint density at radius 1 is 1.38 bits per heavy atom. The molecule has 1 saturated carbocycles. The largest absolute Gasteiger partial charge is 0.357 e. The summed E-state index contributed by atoms with van der Waals surface area (Å²) in [6, 6.07) is 2.41. The molecule has 1 spiro atoms. The van der Waals surface area contributed by atoms with Crippen LogP contribution in [0.3, 0.4) is 0 Å². The van der Waals surface area contributed by atoms with Gasteiger partial charge >= 0.3 is 0 Å². The average molecular weight is 396 g/mol. The summed E-state index contributed by atoms with van der Waals surface area (Å²) in [5.41, 5.74) is 1.15. The van der Waals surface area contributed by atoms with Crippen molar-refractivity contribution in [2.45, 2.75) is 38.1 Å². The Kier molecular flexibility index (Phi) is 5.25. The molecule has 4 rings (SSSR count). The van der Waals surface area contributed by atoms with Gasteiger partial charge in [-0.1, -0.05) is 6.58 Å². The third-order valence-corrected chi connectivity index (χ3v) is 6.45. The second kappa shape index (κ2) is 7.85. The molecule has 154 valence electrons. The van der Waals surface area contributed by atoms with Gasteiger partial charge in [0.05, 0.1) is 11.9 Å². The molecule has 8 nitrogen and oxygen atoms in total. The predicted octanol–water partition coefficient (Wildman–Crippen LogP) is 2.74. The molecule has 2 aliphatic rings. The van der Waals surface area contributed by atoms with Crippen LogP contribution in [0.2, 0.25) is 0 Å². The van der Waals surface area contributed by atoms with Crippen LogP contribution in [0.25, 0.3) is 0 Å². The molecule has 0 bridgehead atoms.